The average Bonchev–Trinajstić information content (AvgIpc) is 3.16. The topological polar surface area (TPSA) is 63.1 Å². The number of nitrogens with one attached hydrogen (secondary N) is 1. The van der Waals surface area contributed by atoms with Crippen molar-refractivity contribution in [2.75, 3.05) is 10.2 Å². The second kappa shape index (κ2) is 8.83. The lowest BCUT2D eigenvalue weighted by atomic mass is 10.0. The zero-order chi connectivity index (χ0) is 23.2. The van der Waals surface area contributed by atoms with Crippen molar-refractivity contribution in [3.8, 4) is 5.69 Å². The van der Waals surface area contributed by atoms with Gasteiger partial charge in [0.25, 0.3) is 5.91 Å². The average molecular weight is 486 g/mol. The van der Waals surface area contributed by atoms with E-state index >= 15 is 0 Å². The predicted molar refractivity (Wildman–Crippen MR) is 125 cm³/mol. The first-order valence-corrected chi connectivity index (χ1v) is 10.2. The Morgan fingerprint density at radius 1 is 1.06 bits per heavy atom. The molecule has 1 aliphatic rings. The molecule has 34 heavy (non-hydrogen) atoms. The van der Waals surface area contributed by atoms with E-state index in [-0.39, 0.29) is 24.6 Å². The Kier molecular flexibility index (Phi) is 6.05. The first-order valence-electron chi connectivity index (χ1n) is 10.2. The van der Waals surface area contributed by atoms with E-state index in [0.717, 1.165) is 6.07 Å². The van der Waals surface area contributed by atoms with Gasteiger partial charge in [-0.2, -0.15) is 18.3 Å². The molecule has 1 N–H and O–H groups in total. The summed E-state index contributed by atoms with van der Waals surface area (Å²) in [6.45, 7) is 1.82. The molecule has 4 aromatic rings. The number of hydrogen-bond acceptors (Lipinski definition) is 4. The van der Waals surface area contributed by atoms with E-state index in [0.29, 0.717) is 28.5 Å². The Hall–Kier alpha value is -3.85. The van der Waals surface area contributed by atoms with Crippen molar-refractivity contribution in [1.82, 2.24) is 14.8 Å². The highest BCUT2D eigenvalue weighted by Gasteiger charge is 2.38. The van der Waals surface area contributed by atoms with Crippen LogP contribution in [-0.4, -0.2) is 20.7 Å². The van der Waals surface area contributed by atoms with Crippen molar-refractivity contribution in [3.05, 3.63) is 95.4 Å². The second-order valence-electron chi connectivity index (χ2n) is 7.67. The molecule has 0 fully saturated rings. The van der Waals surface area contributed by atoms with Crippen molar-refractivity contribution >= 4 is 35.5 Å². The van der Waals surface area contributed by atoms with Crippen LogP contribution in [0.4, 0.5) is 30.4 Å². The molecule has 0 radical (unpaired) electrons. The monoisotopic (exact) mass is 485 g/mol. The third-order valence-electron chi connectivity index (χ3n) is 5.44. The van der Waals surface area contributed by atoms with E-state index in [1.54, 1.807) is 61.8 Å². The van der Waals surface area contributed by atoms with Crippen LogP contribution in [0.5, 0.6) is 0 Å². The molecule has 0 saturated carbocycles. The molecule has 2 aromatic heterocycles. The van der Waals surface area contributed by atoms with Crippen LogP contribution in [0.25, 0.3) is 5.69 Å². The van der Waals surface area contributed by atoms with Crippen molar-refractivity contribution in [2.24, 2.45) is 0 Å². The van der Waals surface area contributed by atoms with Crippen LogP contribution >= 0.6 is 12.4 Å². The zero-order valence-corrected chi connectivity index (χ0v) is 18.7. The maximum absolute atomic E-state index is 14.1. The summed E-state index contributed by atoms with van der Waals surface area (Å²) in [5.41, 5.74) is 1.20. The third kappa shape index (κ3) is 4.22. The minimum Gasteiger partial charge on any atom is -0.338 e. The lowest BCUT2D eigenvalue weighted by molar-refractivity contribution is -0.137. The number of para-hydroxylation sites is 2. The Bertz CT molecular complexity index is 1370. The van der Waals surface area contributed by atoms with Gasteiger partial charge in [-0.25, -0.2) is 9.67 Å². The maximum Gasteiger partial charge on any atom is 0.417 e. The summed E-state index contributed by atoms with van der Waals surface area (Å²) in [4.78, 5) is 19.3. The Morgan fingerprint density at radius 3 is 2.59 bits per heavy atom. The highest BCUT2D eigenvalue weighted by molar-refractivity contribution is 6.09. The van der Waals surface area contributed by atoms with E-state index in [4.69, 9.17) is 0 Å². The number of pyridine rings is 1. The van der Waals surface area contributed by atoms with Crippen molar-refractivity contribution in [1.29, 1.82) is 0 Å². The molecular formula is C24H19ClF3N5O. The number of anilines is 3. The number of alkyl halides is 3. The minimum absolute atomic E-state index is 0. The van der Waals surface area contributed by atoms with Gasteiger partial charge in [-0.05, 0) is 49.4 Å². The van der Waals surface area contributed by atoms with Gasteiger partial charge in [-0.3, -0.25) is 4.79 Å². The Balaban J connectivity index is 0.00000274. The molecule has 0 atom stereocenters. The van der Waals surface area contributed by atoms with Gasteiger partial charge in [0.2, 0.25) is 0 Å². The van der Waals surface area contributed by atoms with Crippen LogP contribution in [0.1, 0.15) is 27.2 Å². The molecule has 174 valence electrons. The molecule has 0 unspecified atom stereocenters. The summed E-state index contributed by atoms with van der Waals surface area (Å²) < 4.78 is 43.6. The first-order chi connectivity index (χ1) is 15.8. The first kappa shape index (κ1) is 23.3. The van der Waals surface area contributed by atoms with Crippen molar-refractivity contribution in [2.45, 2.75) is 19.6 Å². The zero-order valence-electron chi connectivity index (χ0n) is 17.9. The van der Waals surface area contributed by atoms with Crippen LogP contribution in [-0.2, 0) is 12.7 Å². The van der Waals surface area contributed by atoms with Crippen LogP contribution in [0, 0.1) is 6.92 Å². The molecule has 6 nitrogen and oxygen atoms in total. The van der Waals surface area contributed by atoms with E-state index in [2.05, 4.69) is 15.4 Å². The highest BCUT2D eigenvalue weighted by atomic mass is 35.5. The summed E-state index contributed by atoms with van der Waals surface area (Å²) in [5, 5.41) is 7.35. The van der Waals surface area contributed by atoms with E-state index in [1.165, 1.54) is 21.7 Å². The van der Waals surface area contributed by atoms with Crippen LogP contribution in [0.15, 0.2) is 73.1 Å². The summed E-state index contributed by atoms with van der Waals surface area (Å²) >= 11 is 0. The molecule has 0 bridgehead atoms. The largest absolute Gasteiger partial charge is 0.417 e. The Labute approximate surface area is 199 Å². The lowest BCUT2D eigenvalue weighted by Crippen LogP contribution is -2.32. The molecule has 3 heterocycles. The highest BCUT2D eigenvalue weighted by Crippen LogP contribution is 2.38. The van der Waals surface area contributed by atoms with Gasteiger partial charge in [0.1, 0.15) is 5.82 Å². The molecule has 2 aromatic carbocycles. The van der Waals surface area contributed by atoms with Gasteiger partial charge in [-0.1, -0.05) is 18.2 Å². The standard InChI is InChI=1S/C24H18F3N5O.ClH/c1-15-10-12-32(30-15)17-8-9-18(19(13-17)24(25,26)27)23(33)31-14-16-5-4-11-28-22(16)29-20-6-2-3-7-21(20)31;/h2-13H,14H2,1H3,(H,28,29);1H. The van der Waals surface area contributed by atoms with E-state index < -0.39 is 23.2 Å². The van der Waals surface area contributed by atoms with Gasteiger partial charge in [-0.15, -0.1) is 12.4 Å². The smallest absolute Gasteiger partial charge is 0.338 e. The number of carbonyl (C=O) groups excluding carboxylic acids is 1. The Morgan fingerprint density at radius 2 is 1.85 bits per heavy atom. The summed E-state index contributed by atoms with van der Waals surface area (Å²) in [6.07, 6.45) is -1.54. The molecule has 1 aliphatic heterocycles. The number of aromatic nitrogens is 3. The minimum atomic E-state index is -4.73. The lowest BCUT2D eigenvalue weighted by Gasteiger charge is -2.24. The number of aryl methyl sites for hydroxylation is 1. The van der Waals surface area contributed by atoms with Gasteiger partial charge in [0.15, 0.2) is 0 Å². The quantitative estimate of drug-likeness (QED) is 0.383. The number of halogens is 4. The molecular weight excluding hydrogens is 467 g/mol. The van der Waals surface area contributed by atoms with Crippen LogP contribution in [0.2, 0.25) is 0 Å². The number of rotatable bonds is 2. The fourth-order valence-corrected chi connectivity index (χ4v) is 3.86. The molecule has 1 amide bonds. The normalized spacial score (nSPS) is 12.6. The fraction of sp³-hybridized carbons (Fsp3) is 0.125. The SMILES string of the molecule is Cc1ccn(-c2ccc(C(=O)N3Cc4cccnc4Nc4ccccc43)c(C(F)(F)F)c2)n1.Cl. The van der Waals surface area contributed by atoms with Gasteiger partial charge in [0.05, 0.1) is 40.4 Å². The van der Waals surface area contributed by atoms with Gasteiger partial charge < -0.3 is 10.2 Å². The number of carbonyl (C=O) groups is 1. The van der Waals surface area contributed by atoms with Crippen LogP contribution < -0.4 is 10.2 Å². The van der Waals surface area contributed by atoms with Crippen molar-refractivity contribution in [3.63, 3.8) is 0 Å². The summed E-state index contributed by atoms with van der Waals surface area (Å²) in [7, 11) is 0. The summed E-state index contributed by atoms with van der Waals surface area (Å²) in [6, 6.07) is 15.8. The molecule has 10 heteroatoms. The molecule has 0 spiro atoms. The van der Waals surface area contributed by atoms with Crippen LogP contribution in [0.3, 0.4) is 0 Å². The fourth-order valence-electron chi connectivity index (χ4n) is 3.86. The number of fused-ring (bicyclic) bond motifs is 2. The molecule has 0 aliphatic carbocycles. The molecule has 0 saturated heterocycles. The summed E-state index contributed by atoms with van der Waals surface area (Å²) in [5.74, 6) is -0.197. The number of nitrogens with zero attached hydrogens (tertiary/aromatic N) is 4. The third-order valence-corrected chi connectivity index (χ3v) is 5.44. The number of hydrogen-bond donors (Lipinski definition) is 1. The second-order valence-corrected chi connectivity index (χ2v) is 7.67. The number of amides is 1. The van der Waals surface area contributed by atoms with Crippen molar-refractivity contribution < 1.29 is 18.0 Å². The van der Waals surface area contributed by atoms with E-state index in [9.17, 15) is 18.0 Å². The number of benzene rings is 2. The predicted octanol–water partition coefficient (Wildman–Crippen LogP) is 5.92. The maximum atomic E-state index is 14.1. The van der Waals surface area contributed by atoms with E-state index in [1.807, 2.05) is 0 Å². The molecule has 5 rings (SSSR count). The van der Waals surface area contributed by atoms with Gasteiger partial charge in [0, 0.05) is 18.0 Å². The van der Waals surface area contributed by atoms with Gasteiger partial charge >= 0.3 is 6.18 Å².